The molecule has 0 saturated carbocycles. The van der Waals surface area contributed by atoms with Gasteiger partial charge in [0.1, 0.15) is 0 Å². The zero-order valence-electron chi connectivity index (χ0n) is 12.2. The minimum Gasteiger partial charge on any atom is -0.478 e. The zero-order chi connectivity index (χ0) is 15.7. The molecule has 0 aliphatic rings. The summed E-state index contributed by atoms with van der Waals surface area (Å²) < 4.78 is 4.98. The quantitative estimate of drug-likeness (QED) is 0.669. The summed E-state index contributed by atoms with van der Waals surface area (Å²) in [4.78, 5) is 25.1. The number of carboxylic acid groups (broad SMARTS) is 1. The van der Waals surface area contributed by atoms with Gasteiger partial charge in [-0.2, -0.15) is 0 Å². The number of hydrogen-bond acceptors (Lipinski definition) is 5. The van der Waals surface area contributed by atoms with Crippen LogP contribution in [0.3, 0.4) is 0 Å². The maximum atomic E-state index is 11.9. The lowest BCUT2D eigenvalue weighted by atomic mass is 10.3. The van der Waals surface area contributed by atoms with Crippen LogP contribution in [-0.2, 0) is 9.53 Å². The van der Waals surface area contributed by atoms with E-state index >= 15 is 0 Å². The highest BCUT2D eigenvalue weighted by molar-refractivity contribution is 7.11. The Morgan fingerprint density at radius 1 is 1.48 bits per heavy atom. The normalized spacial score (nSPS) is 11.2. The lowest BCUT2D eigenvalue weighted by Crippen LogP contribution is -2.34. The molecular weight excluding hydrogens is 292 g/mol. The second-order valence-electron chi connectivity index (χ2n) is 4.46. The van der Waals surface area contributed by atoms with E-state index in [0.29, 0.717) is 18.7 Å². The Labute approximate surface area is 128 Å². The van der Waals surface area contributed by atoms with Crippen LogP contribution in [0.2, 0.25) is 0 Å². The largest absolute Gasteiger partial charge is 0.478 e. The molecule has 0 aromatic carbocycles. The molecular formula is C14H20N2O4S. The number of nitrogens with zero attached hydrogens (tertiary/aromatic N) is 1. The second-order valence-corrected chi connectivity index (χ2v) is 5.40. The minimum atomic E-state index is -1.01. The van der Waals surface area contributed by atoms with E-state index in [2.05, 4.69) is 10.2 Å². The molecule has 0 fully saturated rings. The van der Waals surface area contributed by atoms with E-state index in [1.54, 1.807) is 18.6 Å². The third kappa shape index (κ3) is 7.03. The molecule has 0 bridgehead atoms. The molecule has 0 aliphatic carbocycles. The number of aliphatic carboxylic acids is 1. The van der Waals surface area contributed by atoms with Crippen molar-refractivity contribution in [3.63, 3.8) is 0 Å². The molecule has 0 atom stereocenters. The molecule has 7 heteroatoms. The smallest absolute Gasteiger partial charge is 0.328 e. The number of likely N-dealkylation sites (N-methyl/N-ethyl adjacent to an activating group) is 1. The predicted octanol–water partition coefficient (Wildman–Crippen LogP) is 1.15. The van der Waals surface area contributed by atoms with Crippen molar-refractivity contribution in [1.29, 1.82) is 0 Å². The highest BCUT2D eigenvalue weighted by Crippen LogP contribution is 2.16. The fourth-order valence-corrected chi connectivity index (χ4v) is 2.31. The number of hydrogen-bond donors (Lipinski definition) is 2. The minimum absolute atomic E-state index is 0.152. The molecule has 2 N–H and O–H groups in total. The summed E-state index contributed by atoms with van der Waals surface area (Å²) in [5, 5.41) is 13.1. The van der Waals surface area contributed by atoms with Crippen LogP contribution in [0.4, 0.5) is 0 Å². The van der Waals surface area contributed by atoms with Gasteiger partial charge in [0, 0.05) is 43.1 Å². The van der Waals surface area contributed by atoms with Crippen LogP contribution in [0.1, 0.15) is 15.2 Å². The SMILES string of the molecule is COCCN(C)CCNC(=O)c1csc(C=CC(=O)O)c1. The van der Waals surface area contributed by atoms with Crippen LogP contribution in [0, 0.1) is 0 Å². The Hall–Kier alpha value is -1.70. The van der Waals surface area contributed by atoms with Crippen LogP contribution < -0.4 is 5.32 Å². The van der Waals surface area contributed by atoms with Crippen molar-refractivity contribution in [2.45, 2.75) is 0 Å². The third-order valence-corrected chi connectivity index (χ3v) is 3.63. The highest BCUT2D eigenvalue weighted by Gasteiger charge is 2.07. The highest BCUT2D eigenvalue weighted by atomic mass is 32.1. The first-order chi connectivity index (χ1) is 10.0. The number of ether oxygens (including phenoxy) is 1. The maximum Gasteiger partial charge on any atom is 0.328 e. The molecule has 0 aliphatic heterocycles. The Kier molecular flexibility index (Phi) is 7.66. The standard InChI is InChI=1S/C14H20N2O4S/c1-16(7-8-20-2)6-5-15-14(19)11-9-12(21-10-11)3-4-13(17)18/h3-4,9-10H,5-8H2,1-2H3,(H,15,19)(H,17,18). The van der Waals surface area contributed by atoms with Crippen molar-refractivity contribution in [2.24, 2.45) is 0 Å². The molecule has 1 rings (SSSR count). The Morgan fingerprint density at radius 2 is 2.24 bits per heavy atom. The number of carbonyl (C=O) groups excluding carboxylic acids is 1. The van der Waals surface area contributed by atoms with Crippen molar-refractivity contribution in [2.75, 3.05) is 40.4 Å². The van der Waals surface area contributed by atoms with Gasteiger partial charge in [-0.15, -0.1) is 11.3 Å². The van der Waals surface area contributed by atoms with E-state index in [1.165, 1.54) is 17.4 Å². The molecule has 21 heavy (non-hydrogen) atoms. The van der Waals surface area contributed by atoms with Crippen LogP contribution in [-0.4, -0.2) is 62.3 Å². The molecule has 6 nitrogen and oxygen atoms in total. The van der Waals surface area contributed by atoms with Gasteiger partial charge in [0.05, 0.1) is 12.2 Å². The third-order valence-electron chi connectivity index (χ3n) is 2.73. The first-order valence-electron chi connectivity index (χ1n) is 6.48. The lowest BCUT2D eigenvalue weighted by molar-refractivity contribution is -0.131. The number of amides is 1. The van der Waals surface area contributed by atoms with Gasteiger partial charge in [-0.25, -0.2) is 4.79 Å². The lowest BCUT2D eigenvalue weighted by Gasteiger charge is -2.15. The molecule has 1 amide bonds. The summed E-state index contributed by atoms with van der Waals surface area (Å²) in [6.45, 7) is 2.77. The average molecular weight is 312 g/mol. The number of carbonyl (C=O) groups is 2. The van der Waals surface area contributed by atoms with Crippen LogP contribution in [0.5, 0.6) is 0 Å². The summed E-state index contributed by atoms with van der Waals surface area (Å²) >= 11 is 1.33. The van der Waals surface area contributed by atoms with Crippen molar-refractivity contribution in [1.82, 2.24) is 10.2 Å². The van der Waals surface area contributed by atoms with Crippen molar-refractivity contribution < 1.29 is 19.4 Å². The average Bonchev–Trinajstić information content (AvgIpc) is 2.91. The van der Waals surface area contributed by atoms with Gasteiger partial charge in [-0.3, -0.25) is 4.79 Å². The van der Waals surface area contributed by atoms with Gasteiger partial charge in [0.25, 0.3) is 5.91 Å². The fourth-order valence-electron chi connectivity index (χ4n) is 1.53. The fraction of sp³-hybridized carbons (Fsp3) is 0.429. The van der Waals surface area contributed by atoms with Crippen molar-refractivity contribution in [3.8, 4) is 0 Å². The monoisotopic (exact) mass is 312 g/mol. The zero-order valence-corrected chi connectivity index (χ0v) is 13.0. The predicted molar refractivity (Wildman–Crippen MR) is 82.7 cm³/mol. The topological polar surface area (TPSA) is 78.9 Å². The van der Waals surface area contributed by atoms with E-state index in [1.807, 2.05) is 7.05 Å². The maximum absolute atomic E-state index is 11.9. The van der Waals surface area contributed by atoms with Crippen molar-refractivity contribution >= 4 is 29.3 Å². The molecule has 1 aromatic heterocycles. The van der Waals surface area contributed by atoms with Gasteiger partial charge in [0.15, 0.2) is 0 Å². The molecule has 0 saturated heterocycles. The van der Waals surface area contributed by atoms with Gasteiger partial charge in [0.2, 0.25) is 0 Å². The van der Waals surface area contributed by atoms with Crippen LogP contribution in [0.25, 0.3) is 6.08 Å². The summed E-state index contributed by atoms with van der Waals surface area (Å²) in [6, 6.07) is 1.67. The Bertz CT molecular complexity index is 499. The summed E-state index contributed by atoms with van der Waals surface area (Å²) in [5.41, 5.74) is 0.546. The Morgan fingerprint density at radius 3 is 2.90 bits per heavy atom. The summed E-state index contributed by atoms with van der Waals surface area (Å²) in [6.07, 6.45) is 2.53. The summed E-state index contributed by atoms with van der Waals surface area (Å²) in [7, 11) is 3.62. The molecule has 0 unspecified atom stereocenters. The van der Waals surface area contributed by atoms with Gasteiger partial charge >= 0.3 is 5.97 Å². The second kappa shape index (κ2) is 9.28. The molecule has 1 aromatic rings. The van der Waals surface area contributed by atoms with E-state index in [4.69, 9.17) is 9.84 Å². The molecule has 116 valence electrons. The van der Waals surface area contributed by atoms with E-state index in [9.17, 15) is 9.59 Å². The van der Waals surface area contributed by atoms with E-state index < -0.39 is 5.97 Å². The first-order valence-corrected chi connectivity index (χ1v) is 7.36. The summed E-state index contributed by atoms with van der Waals surface area (Å²) in [5.74, 6) is -1.16. The van der Waals surface area contributed by atoms with Crippen molar-refractivity contribution in [3.05, 3.63) is 28.0 Å². The van der Waals surface area contributed by atoms with Crippen LogP contribution in [0.15, 0.2) is 17.5 Å². The number of methoxy groups -OCH3 is 1. The van der Waals surface area contributed by atoms with E-state index in [-0.39, 0.29) is 5.91 Å². The number of rotatable bonds is 9. The van der Waals surface area contributed by atoms with Gasteiger partial charge in [-0.1, -0.05) is 0 Å². The van der Waals surface area contributed by atoms with Gasteiger partial charge < -0.3 is 20.1 Å². The molecule has 1 heterocycles. The van der Waals surface area contributed by atoms with E-state index in [0.717, 1.165) is 24.0 Å². The Balaban J connectivity index is 2.37. The number of thiophene rings is 1. The molecule has 0 spiro atoms. The van der Waals surface area contributed by atoms with Crippen LogP contribution >= 0.6 is 11.3 Å². The molecule has 0 radical (unpaired) electrons. The van der Waals surface area contributed by atoms with Gasteiger partial charge in [-0.05, 0) is 19.2 Å². The first kappa shape index (κ1) is 17.4. The number of nitrogens with one attached hydrogen (secondary N) is 1. The number of carboxylic acids is 1.